The van der Waals surface area contributed by atoms with Crippen molar-refractivity contribution >= 4 is 17.3 Å². The predicted molar refractivity (Wildman–Crippen MR) is 124 cm³/mol. The van der Waals surface area contributed by atoms with Gasteiger partial charge in [0, 0.05) is 63.5 Å². The predicted octanol–water partition coefficient (Wildman–Crippen LogP) is 3.84. The standard InChI is InChI=1S/C26H29F2N3O2/c1-17(32)30-11-12-31-22-8-10-29(15-21(22)20-6-3-7-23(30)24(20)31)16-26(27,28)14-19-5-2-4-18-9-13-33-25(18)19/h2-7,21-22H,8-16H2,1H3/t21-,22-/m0/s1. The number of rotatable bonds is 4. The summed E-state index contributed by atoms with van der Waals surface area (Å²) in [5.74, 6) is -1.91. The van der Waals surface area contributed by atoms with Crippen LogP contribution in [0.1, 0.15) is 36.0 Å². The lowest BCUT2D eigenvalue weighted by atomic mass is 9.88. The van der Waals surface area contributed by atoms with Gasteiger partial charge in [0.25, 0.3) is 5.92 Å². The average Bonchev–Trinajstić information content (AvgIpc) is 3.38. The lowest BCUT2D eigenvalue weighted by Crippen LogP contribution is -2.52. The molecule has 2 aromatic carbocycles. The lowest BCUT2D eigenvalue weighted by Gasteiger charge is -2.42. The fourth-order valence-corrected chi connectivity index (χ4v) is 6.39. The molecule has 5 nitrogen and oxygen atoms in total. The van der Waals surface area contributed by atoms with Crippen LogP contribution in [-0.2, 0) is 17.6 Å². The van der Waals surface area contributed by atoms with Crippen LogP contribution in [0.3, 0.4) is 0 Å². The van der Waals surface area contributed by atoms with E-state index in [1.54, 1.807) is 13.0 Å². The van der Waals surface area contributed by atoms with E-state index in [0.717, 1.165) is 36.3 Å². The third-order valence-corrected chi connectivity index (χ3v) is 7.73. The van der Waals surface area contributed by atoms with E-state index in [2.05, 4.69) is 11.0 Å². The minimum absolute atomic E-state index is 0.0515. The maximum atomic E-state index is 15.2. The Morgan fingerprint density at radius 2 is 2.00 bits per heavy atom. The van der Waals surface area contributed by atoms with Gasteiger partial charge in [0.1, 0.15) is 5.75 Å². The van der Waals surface area contributed by atoms with Crippen LogP contribution < -0.4 is 14.5 Å². The molecule has 33 heavy (non-hydrogen) atoms. The topological polar surface area (TPSA) is 36.0 Å². The number of carbonyl (C=O) groups is 1. The molecule has 4 aliphatic rings. The largest absolute Gasteiger partial charge is 0.493 e. The first-order valence-electron chi connectivity index (χ1n) is 11.9. The van der Waals surface area contributed by atoms with Crippen LogP contribution in [0.4, 0.5) is 20.2 Å². The maximum absolute atomic E-state index is 15.2. The zero-order valence-electron chi connectivity index (χ0n) is 18.9. The Kier molecular flexibility index (Phi) is 4.87. The van der Waals surface area contributed by atoms with Gasteiger partial charge in [-0.2, -0.15) is 0 Å². The third kappa shape index (κ3) is 3.48. The summed E-state index contributed by atoms with van der Waals surface area (Å²) >= 11 is 0. The van der Waals surface area contributed by atoms with E-state index in [4.69, 9.17) is 4.74 Å². The van der Waals surface area contributed by atoms with Crippen LogP contribution >= 0.6 is 0 Å². The van der Waals surface area contributed by atoms with Crippen molar-refractivity contribution in [2.24, 2.45) is 0 Å². The van der Waals surface area contributed by atoms with E-state index >= 15 is 8.78 Å². The zero-order valence-corrected chi connectivity index (χ0v) is 18.9. The number of amides is 1. The van der Waals surface area contributed by atoms with Crippen molar-refractivity contribution in [1.82, 2.24) is 4.90 Å². The molecule has 0 N–H and O–H groups in total. The third-order valence-electron chi connectivity index (χ3n) is 7.73. The number of halogens is 2. The van der Waals surface area contributed by atoms with Crippen LogP contribution in [0, 0.1) is 0 Å². The second-order valence-corrected chi connectivity index (χ2v) is 9.81. The Morgan fingerprint density at radius 3 is 2.85 bits per heavy atom. The Morgan fingerprint density at radius 1 is 1.15 bits per heavy atom. The Hall–Kier alpha value is -2.67. The highest BCUT2D eigenvalue weighted by Gasteiger charge is 2.46. The molecule has 1 amide bonds. The van der Waals surface area contributed by atoms with Crippen LogP contribution in [0.15, 0.2) is 36.4 Å². The number of hydrogen-bond acceptors (Lipinski definition) is 4. The molecular formula is C26H29F2N3O2. The molecule has 0 radical (unpaired) electrons. The summed E-state index contributed by atoms with van der Waals surface area (Å²) in [7, 11) is 0. The van der Waals surface area contributed by atoms with Gasteiger partial charge in [-0.1, -0.05) is 30.3 Å². The van der Waals surface area contributed by atoms with Gasteiger partial charge in [-0.15, -0.1) is 0 Å². The molecule has 1 fully saturated rings. The molecule has 2 atom stereocenters. The summed E-state index contributed by atoms with van der Waals surface area (Å²) in [5, 5.41) is 0. The van der Waals surface area contributed by atoms with E-state index in [0.29, 0.717) is 43.6 Å². The highest BCUT2D eigenvalue weighted by atomic mass is 19.3. The number of piperidine rings is 1. The van der Waals surface area contributed by atoms with Crippen molar-refractivity contribution in [2.45, 2.75) is 44.1 Å². The molecule has 0 bridgehead atoms. The number of carbonyl (C=O) groups excluding carboxylic acids is 1. The van der Waals surface area contributed by atoms with Crippen LogP contribution in [-0.4, -0.2) is 62.1 Å². The SMILES string of the molecule is CC(=O)N1CCN2c3c(cccc31)[C@@H]1CN(CC(F)(F)Cc3cccc4c3OCC4)CC[C@@H]12. The van der Waals surface area contributed by atoms with E-state index in [-0.39, 0.29) is 24.8 Å². The quantitative estimate of drug-likeness (QED) is 0.705. The average molecular weight is 454 g/mol. The van der Waals surface area contributed by atoms with Gasteiger partial charge in [-0.3, -0.25) is 9.69 Å². The first-order chi connectivity index (χ1) is 15.9. The minimum Gasteiger partial charge on any atom is -0.493 e. The molecular weight excluding hydrogens is 424 g/mol. The molecule has 4 aliphatic heterocycles. The number of anilines is 2. The molecule has 6 rings (SSSR count). The van der Waals surface area contributed by atoms with Gasteiger partial charge < -0.3 is 14.5 Å². The number of para-hydroxylation sites is 2. The molecule has 7 heteroatoms. The van der Waals surface area contributed by atoms with Crippen LogP contribution in [0.2, 0.25) is 0 Å². The number of fused-ring (bicyclic) bond motifs is 4. The molecule has 0 aromatic heterocycles. The first kappa shape index (κ1) is 20.9. The Balaban J connectivity index is 1.21. The van der Waals surface area contributed by atoms with Gasteiger partial charge in [-0.05, 0) is 23.6 Å². The Bertz CT molecular complexity index is 1100. The second kappa shape index (κ2) is 7.69. The summed E-state index contributed by atoms with van der Waals surface area (Å²) in [6.07, 6.45) is 1.36. The summed E-state index contributed by atoms with van der Waals surface area (Å²) in [5.41, 5.74) is 4.95. The minimum atomic E-state index is -2.82. The van der Waals surface area contributed by atoms with Crippen LogP contribution in [0.25, 0.3) is 0 Å². The molecule has 0 saturated carbocycles. The number of hydrogen-bond donors (Lipinski definition) is 0. The maximum Gasteiger partial charge on any atom is 0.264 e. The van der Waals surface area contributed by atoms with Gasteiger partial charge >= 0.3 is 0 Å². The normalized spacial score (nSPS) is 23.7. The van der Waals surface area contributed by atoms with E-state index in [9.17, 15) is 4.79 Å². The number of nitrogens with zero attached hydrogens (tertiary/aromatic N) is 3. The fourth-order valence-electron chi connectivity index (χ4n) is 6.39. The van der Waals surface area contributed by atoms with E-state index < -0.39 is 5.92 Å². The summed E-state index contributed by atoms with van der Waals surface area (Å²) in [4.78, 5) is 18.4. The fraction of sp³-hybridized carbons (Fsp3) is 0.500. The molecule has 174 valence electrons. The van der Waals surface area contributed by atoms with Gasteiger partial charge in [0.2, 0.25) is 5.91 Å². The summed E-state index contributed by atoms with van der Waals surface area (Å²) in [6.45, 7) is 4.71. The highest BCUT2D eigenvalue weighted by Crippen LogP contribution is 2.51. The second-order valence-electron chi connectivity index (χ2n) is 9.81. The summed E-state index contributed by atoms with van der Waals surface area (Å²) in [6, 6.07) is 12.0. The lowest BCUT2D eigenvalue weighted by molar-refractivity contribution is -0.116. The Labute approximate surface area is 192 Å². The van der Waals surface area contributed by atoms with Crippen molar-refractivity contribution in [3.8, 4) is 5.75 Å². The number of ether oxygens (including phenoxy) is 1. The zero-order chi connectivity index (χ0) is 22.7. The van der Waals surface area contributed by atoms with E-state index in [1.165, 1.54) is 5.56 Å². The van der Waals surface area contributed by atoms with Crippen molar-refractivity contribution in [2.75, 3.05) is 49.1 Å². The van der Waals surface area contributed by atoms with Crippen molar-refractivity contribution in [3.63, 3.8) is 0 Å². The number of alkyl halides is 2. The highest BCUT2D eigenvalue weighted by molar-refractivity contribution is 5.98. The molecule has 4 heterocycles. The molecule has 0 aliphatic carbocycles. The molecule has 1 saturated heterocycles. The van der Waals surface area contributed by atoms with Crippen LogP contribution in [0.5, 0.6) is 5.75 Å². The molecule has 0 spiro atoms. The smallest absolute Gasteiger partial charge is 0.264 e. The molecule has 2 aromatic rings. The monoisotopic (exact) mass is 453 g/mol. The van der Waals surface area contributed by atoms with Gasteiger partial charge in [0.05, 0.1) is 24.5 Å². The van der Waals surface area contributed by atoms with Gasteiger partial charge in [-0.25, -0.2) is 8.78 Å². The number of benzene rings is 2. The summed E-state index contributed by atoms with van der Waals surface area (Å²) < 4.78 is 36.1. The van der Waals surface area contributed by atoms with Crippen molar-refractivity contribution < 1.29 is 18.3 Å². The van der Waals surface area contributed by atoms with Crippen molar-refractivity contribution in [3.05, 3.63) is 53.1 Å². The van der Waals surface area contributed by atoms with Gasteiger partial charge in [0.15, 0.2) is 0 Å². The molecule has 0 unspecified atom stereocenters. The number of likely N-dealkylation sites (tertiary alicyclic amines) is 1. The van der Waals surface area contributed by atoms with Crippen molar-refractivity contribution in [1.29, 1.82) is 0 Å². The van der Waals surface area contributed by atoms with E-state index in [1.807, 2.05) is 34.1 Å². The first-order valence-corrected chi connectivity index (χ1v) is 11.9.